The molecule has 3 heterocycles. The Labute approximate surface area is 179 Å². The highest BCUT2D eigenvalue weighted by atomic mass is 16.5. The number of ether oxygens (including phenoxy) is 1. The maximum absolute atomic E-state index is 12.9. The first-order chi connectivity index (χ1) is 14.8. The normalized spacial score (nSPS) is 15.7. The fourth-order valence-corrected chi connectivity index (χ4v) is 3.75. The highest BCUT2D eigenvalue weighted by molar-refractivity contribution is 5.91. The second-order valence-electron chi connectivity index (χ2n) is 7.58. The third-order valence-electron chi connectivity index (χ3n) is 5.59. The summed E-state index contributed by atoms with van der Waals surface area (Å²) in [7, 11) is 3.11. The minimum absolute atomic E-state index is 0.138. The van der Waals surface area contributed by atoms with Crippen LogP contribution in [0.3, 0.4) is 0 Å². The number of nitrogens with zero attached hydrogens (tertiary/aromatic N) is 6. The van der Waals surface area contributed by atoms with Gasteiger partial charge in [0.25, 0.3) is 5.56 Å². The van der Waals surface area contributed by atoms with E-state index in [0.29, 0.717) is 36.8 Å². The number of rotatable bonds is 6. The van der Waals surface area contributed by atoms with Gasteiger partial charge in [-0.3, -0.25) is 18.5 Å². The van der Waals surface area contributed by atoms with Crippen molar-refractivity contribution < 1.29 is 4.74 Å². The van der Waals surface area contributed by atoms with Gasteiger partial charge in [0.2, 0.25) is 5.95 Å². The second-order valence-corrected chi connectivity index (χ2v) is 7.58. The van der Waals surface area contributed by atoms with Gasteiger partial charge in [-0.05, 0) is 45.0 Å². The van der Waals surface area contributed by atoms with Crippen molar-refractivity contribution in [1.29, 1.82) is 0 Å². The van der Waals surface area contributed by atoms with Gasteiger partial charge in [-0.2, -0.15) is 10.1 Å². The van der Waals surface area contributed by atoms with E-state index in [2.05, 4.69) is 15.4 Å². The minimum Gasteiger partial charge on any atom is -0.494 e. The predicted octanol–water partition coefficient (Wildman–Crippen LogP) is 1.70. The molecular weight excluding hydrogens is 398 g/mol. The molecule has 1 aliphatic rings. The van der Waals surface area contributed by atoms with E-state index >= 15 is 0 Å². The van der Waals surface area contributed by atoms with Gasteiger partial charge in [0.15, 0.2) is 11.2 Å². The van der Waals surface area contributed by atoms with Crippen LogP contribution in [-0.2, 0) is 14.1 Å². The van der Waals surface area contributed by atoms with Crippen molar-refractivity contribution in [3.05, 3.63) is 45.1 Å². The molecule has 2 aromatic heterocycles. The summed E-state index contributed by atoms with van der Waals surface area (Å²) in [6.07, 6.45) is 0. The van der Waals surface area contributed by atoms with E-state index in [1.54, 1.807) is 12.1 Å². The lowest BCUT2D eigenvalue weighted by Crippen LogP contribution is -2.39. The number of aromatic nitrogens is 4. The number of hydrogen-bond acceptors (Lipinski definition) is 7. The third kappa shape index (κ3) is 3.47. The summed E-state index contributed by atoms with van der Waals surface area (Å²) in [5, 5.41) is 9.83. The average molecular weight is 425 g/mol. The van der Waals surface area contributed by atoms with Crippen molar-refractivity contribution in [3.63, 3.8) is 0 Å². The molecule has 0 fully saturated rings. The van der Waals surface area contributed by atoms with Crippen molar-refractivity contribution in [1.82, 2.24) is 18.7 Å². The Morgan fingerprint density at radius 3 is 2.52 bits per heavy atom. The van der Waals surface area contributed by atoms with Crippen LogP contribution in [0.1, 0.15) is 26.8 Å². The lowest BCUT2D eigenvalue weighted by atomic mass is 10.2. The molecule has 164 valence electrons. The first-order valence-electron chi connectivity index (χ1n) is 10.3. The molecule has 31 heavy (non-hydrogen) atoms. The molecule has 0 amide bonds. The molecule has 0 unspecified atom stereocenters. The molecule has 10 nitrogen and oxygen atoms in total. The van der Waals surface area contributed by atoms with Crippen LogP contribution in [0, 0.1) is 0 Å². The van der Waals surface area contributed by atoms with Gasteiger partial charge in [-0.1, -0.05) is 0 Å². The summed E-state index contributed by atoms with van der Waals surface area (Å²) in [6.45, 7) is 7.64. The van der Waals surface area contributed by atoms with Gasteiger partial charge < -0.3 is 10.1 Å². The Balaban J connectivity index is 1.63. The third-order valence-corrected chi connectivity index (χ3v) is 5.59. The van der Waals surface area contributed by atoms with Crippen LogP contribution in [0.5, 0.6) is 5.75 Å². The Hall–Kier alpha value is -3.56. The smallest absolute Gasteiger partial charge is 0.332 e. The van der Waals surface area contributed by atoms with Crippen LogP contribution in [0.25, 0.3) is 11.2 Å². The molecule has 0 spiro atoms. The molecule has 0 saturated heterocycles. The molecule has 0 aliphatic carbocycles. The molecule has 1 aromatic carbocycles. The van der Waals surface area contributed by atoms with Crippen molar-refractivity contribution in [2.75, 3.05) is 30.0 Å². The maximum atomic E-state index is 12.9. The van der Waals surface area contributed by atoms with E-state index in [4.69, 9.17) is 4.74 Å². The van der Waals surface area contributed by atoms with Gasteiger partial charge in [-0.25, -0.2) is 9.80 Å². The van der Waals surface area contributed by atoms with E-state index in [1.165, 1.54) is 11.6 Å². The summed E-state index contributed by atoms with van der Waals surface area (Å²) < 4.78 is 9.86. The van der Waals surface area contributed by atoms with Crippen LogP contribution in [0.15, 0.2) is 39.0 Å². The topological polar surface area (TPSA) is 98.7 Å². The Morgan fingerprint density at radius 1 is 1.13 bits per heavy atom. The van der Waals surface area contributed by atoms with Crippen molar-refractivity contribution in [2.24, 2.45) is 19.2 Å². The molecule has 3 aromatic rings. The standard InChI is InChI=1S/C21H27N7O3/c1-6-31-16-9-7-15(8-10-16)22-11-12-27-20-23-18-17(28(20)14(3)13(2)24-27)19(29)26(5)21(30)25(18)4/h7-10,14,22H,6,11-12H2,1-5H3/t14-/m1/s1. The van der Waals surface area contributed by atoms with Crippen molar-refractivity contribution >= 4 is 28.5 Å². The summed E-state index contributed by atoms with van der Waals surface area (Å²) >= 11 is 0. The number of benzene rings is 1. The molecule has 10 heteroatoms. The van der Waals surface area contributed by atoms with Crippen LogP contribution < -0.4 is 26.3 Å². The number of aryl methyl sites for hydroxylation is 1. The Morgan fingerprint density at radius 2 is 1.84 bits per heavy atom. The zero-order valence-corrected chi connectivity index (χ0v) is 18.4. The molecule has 1 aliphatic heterocycles. The van der Waals surface area contributed by atoms with E-state index in [1.807, 2.05) is 49.6 Å². The highest BCUT2D eigenvalue weighted by Crippen LogP contribution is 2.29. The summed E-state index contributed by atoms with van der Waals surface area (Å²) in [5.41, 5.74) is 1.85. The average Bonchev–Trinajstić information content (AvgIpc) is 3.17. The number of hydrazone groups is 1. The Bertz CT molecular complexity index is 1270. The van der Waals surface area contributed by atoms with Crippen LogP contribution in [0.4, 0.5) is 11.6 Å². The highest BCUT2D eigenvalue weighted by Gasteiger charge is 2.30. The number of anilines is 2. The van der Waals surface area contributed by atoms with Crippen molar-refractivity contribution in [2.45, 2.75) is 26.8 Å². The van der Waals surface area contributed by atoms with E-state index in [0.717, 1.165) is 21.7 Å². The van der Waals surface area contributed by atoms with Gasteiger partial charge >= 0.3 is 5.69 Å². The monoisotopic (exact) mass is 425 g/mol. The molecule has 0 bridgehead atoms. The fourth-order valence-electron chi connectivity index (χ4n) is 3.75. The first kappa shape index (κ1) is 20.7. The van der Waals surface area contributed by atoms with Crippen LogP contribution in [0.2, 0.25) is 0 Å². The molecule has 1 atom stereocenters. The lowest BCUT2D eigenvalue weighted by molar-refractivity contribution is 0.340. The zero-order chi connectivity index (χ0) is 22.3. The second kappa shape index (κ2) is 7.93. The van der Waals surface area contributed by atoms with Crippen LogP contribution >= 0.6 is 0 Å². The summed E-state index contributed by atoms with van der Waals surface area (Å²) in [5.74, 6) is 1.39. The van der Waals surface area contributed by atoms with Gasteiger partial charge in [0, 0.05) is 26.3 Å². The quantitative estimate of drug-likeness (QED) is 0.646. The van der Waals surface area contributed by atoms with E-state index in [9.17, 15) is 9.59 Å². The molecule has 0 saturated carbocycles. The minimum atomic E-state index is -0.401. The zero-order valence-electron chi connectivity index (χ0n) is 18.4. The van der Waals surface area contributed by atoms with E-state index in [-0.39, 0.29) is 11.6 Å². The fraction of sp³-hybridized carbons (Fsp3) is 0.429. The predicted molar refractivity (Wildman–Crippen MR) is 121 cm³/mol. The molecular formula is C21H27N7O3. The van der Waals surface area contributed by atoms with Gasteiger partial charge in [0.05, 0.1) is 24.9 Å². The van der Waals surface area contributed by atoms with Crippen LogP contribution in [-0.4, -0.2) is 44.1 Å². The summed E-state index contributed by atoms with van der Waals surface area (Å²) in [6, 6.07) is 7.64. The SMILES string of the molecule is CCOc1ccc(NCCN2N=C(C)[C@@H](C)n3c2nc2c3c(=O)n(C)c(=O)n2C)cc1. The van der Waals surface area contributed by atoms with Gasteiger partial charge in [-0.15, -0.1) is 0 Å². The molecule has 0 radical (unpaired) electrons. The number of fused-ring (bicyclic) bond motifs is 3. The number of imidazole rings is 1. The largest absolute Gasteiger partial charge is 0.494 e. The number of hydrogen-bond donors (Lipinski definition) is 1. The molecule has 1 N–H and O–H groups in total. The maximum Gasteiger partial charge on any atom is 0.332 e. The Kier molecular flexibility index (Phi) is 5.30. The van der Waals surface area contributed by atoms with Gasteiger partial charge in [0.1, 0.15) is 5.75 Å². The summed E-state index contributed by atoms with van der Waals surface area (Å²) in [4.78, 5) is 29.9. The van der Waals surface area contributed by atoms with E-state index < -0.39 is 5.69 Å². The van der Waals surface area contributed by atoms with Crippen molar-refractivity contribution in [3.8, 4) is 5.75 Å². The first-order valence-corrected chi connectivity index (χ1v) is 10.3. The number of nitrogens with one attached hydrogen (secondary N) is 1. The lowest BCUT2D eigenvalue weighted by Gasteiger charge is -2.29. The molecule has 4 rings (SSSR count).